The van der Waals surface area contributed by atoms with E-state index in [4.69, 9.17) is 0 Å². The molecule has 2 unspecified atom stereocenters. The molecule has 4 heteroatoms. The second-order valence-corrected chi connectivity index (χ2v) is 4.98. The zero-order chi connectivity index (χ0) is 14.4. The van der Waals surface area contributed by atoms with Crippen molar-refractivity contribution in [2.24, 2.45) is 0 Å². The van der Waals surface area contributed by atoms with Gasteiger partial charge in [-0.25, -0.2) is 8.78 Å². The molecule has 0 aliphatic rings. The highest BCUT2D eigenvalue weighted by Crippen LogP contribution is 2.16. The lowest BCUT2D eigenvalue weighted by molar-refractivity contribution is 0.263. The fraction of sp³-hybridized carbons (Fsp3) is 0.600. The predicted octanol–water partition coefficient (Wildman–Crippen LogP) is 3.35. The zero-order valence-corrected chi connectivity index (χ0v) is 12.2. The normalized spacial score (nSPS) is 14.7. The van der Waals surface area contributed by atoms with Gasteiger partial charge in [0.15, 0.2) is 0 Å². The van der Waals surface area contributed by atoms with Crippen molar-refractivity contribution in [3.8, 4) is 0 Å². The Morgan fingerprint density at radius 3 is 2.05 bits per heavy atom. The summed E-state index contributed by atoms with van der Waals surface area (Å²) >= 11 is 0. The van der Waals surface area contributed by atoms with Crippen LogP contribution in [0.3, 0.4) is 0 Å². The van der Waals surface area contributed by atoms with Crippen LogP contribution in [0.5, 0.6) is 0 Å². The van der Waals surface area contributed by atoms with E-state index >= 15 is 0 Å². The van der Waals surface area contributed by atoms with Crippen molar-refractivity contribution in [2.45, 2.75) is 39.8 Å². The SMILES string of the molecule is CCN(CC)CC(C)NC(C)c1cc(F)cc(F)c1. The Morgan fingerprint density at radius 1 is 1.05 bits per heavy atom. The Bertz CT molecular complexity index is 371. The van der Waals surface area contributed by atoms with Gasteiger partial charge >= 0.3 is 0 Å². The molecule has 0 radical (unpaired) electrons. The molecule has 0 aliphatic carbocycles. The van der Waals surface area contributed by atoms with Crippen LogP contribution < -0.4 is 5.32 Å². The summed E-state index contributed by atoms with van der Waals surface area (Å²) in [5.41, 5.74) is 0.642. The number of likely N-dealkylation sites (N-methyl/N-ethyl adjacent to an activating group) is 1. The maximum Gasteiger partial charge on any atom is 0.126 e. The molecule has 2 atom stereocenters. The molecule has 0 bridgehead atoms. The Kier molecular flexibility index (Phi) is 6.38. The summed E-state index contributed by atoms with van der Waals surface area (Å²) in [4.78, 5) is 2.32. The highest BCUT2D eigenvalue weighted by atomic mass is 19.1. The smallest absolute Gasteiger partial charge is 0.126 e. The van der Waals surface area contributed by atoms with E-state index in [-0.39, 0.29) is 12.1 Å². The first-order valence-electron chi connectivity index (χ1n) is 6.90. The third-order valence-corrected chi connectivity index (χ3v) is 3.35. The summed E-state index contributed by atoms with van der Waals surface area (Å²) in [6.45, 7) is 11.2. The molecule has 0 saturated heterocycles. The minimum Gasteiger partial charge on any atom is -0.306 e. The average Bonchev–Trinajstić information content (AvgIpc) is 2.34. The number of hydrogen-bond acceptors (Lipinski definition) is 2. The Balaban J connectivity index is 2.60. The molecule has 1 rings (SSSR count). The minimum absolute atomic E-state index is 0.0734. The first-order valence-corrected chi connectivity index (χ1v) is 6.90. The molecule has 1 aromatic rings. The van der Waals surface area contributed by atoms with Crippen LogP contribution in [0.2, 0.25) is 0 Å². The third-order valence-electron chi connectivity index (χ3n) is 3.35. The van der Waals surface area contributed by atoms with Crippen LogP contribution in [-0.4, -0.2) is 30.6 Å². The summed E-state index contributed by atoms with van der Waals surface area (Å²) in [5.74, 6) is -1.06. The highest BCUT2D eigenvalue weighted by molar-refractivity contribution is 5.21. The van der Waals surface area contributed by atoms with E-state index in [1.54, 1.807) is 0 Å². The van der Waals surface area contributed by atoms with Crippen molar-refractivity contribution in [1.82, 2.24) is 10.2 Å². The summed E-state index contributed by atoms with van der Waals surface area (Å²) < 4.78 is 26.3. The van der Waals surface area contributed by atoms with Gasteiger partial charge in [0.2, 0.25) is 0 Å². The van der Waals surface area contributed by atoms with Gasteiger partial charge in [-0.2, -0.15) is 0 Å². The van der Waals surface area contributed by atoms with E-state index in [1.807, 2.05) is 6.92 Å². The van der Waals surface area contributed by atoms with Crippen molar-refractivity contribution in [1.29, 1.82) is 0 Å². The van der Waals surface area contributed by atoms with Gasteiger partial charge < -0.3 is 10.2 Å². The van der Waals surface area contributed by atoms with Crippen molar-refractivity contribution in [3.63, 3.8) is 0 Å². The number of benzene rings is 1. The van der Waals surface area contributed by atoms with Crippen molar-refractivity contribution < 1.29 is 8.78 Å². The largest absolute Gasteiger partial charge is 0.306 e. The molecule has 1 aromatic carbocycles. The summed E-state index contributed by atoms with van der Waals surface area (Å²) in [6.07, 6.45) is 0. The Morgan fingerprint density at radius 2 is 1.58 bits per heavy atom. The van der Waals surface area contributed by atoms with Crippen LogP contribution in [0.15, 0.2) is 18.2 Å². The van der Waals surface area contributed by atoms with Crippen molar-refractivity contribution in [2.75, 3.05) is 19.6 Å². The van der Waals surface area contributed by atoms with E-state index in [0.29, 0.717) is 5.56 Å². The molecule has 0 spiro atoms. The van der Waals surface area contributed by atoms with Crippen LogP contribution in [0.4, 0.5) is 8.78 Å². The van der Waals surface area contributed by atoms with E-state index in [0.717, 1.165) is 25.7 Å². The first kappa shape index (κ1) is 16.1. The first-order chi connectivity index (χ1) is 8.96. The number of rotatable bonds is 7. The summed E-state index contributed by atoms with van der Waals surface area (Å²) in [7, 11) is 0. The molecule has 108 valence electrons. The molecular formula is C15H24F2N2. The second kappa shape index (κ2) is 7.56. The molecule has 0 fully saturated rings. The van der Waals surface area contributed by atoms with Gasteiger partial charge in [-0.15, -0.1) is 0 Å². The van der Waals surface area contributed by atoms with Gasteiger partial charge in [-0.1, -0.05) is 13.8 Å². The van der Waals surface area contributed by atoms with Crippen molar-refractivity contribution >= 4 is 0 Å². The fourth-order valence-corrected chi connectivity index (χ4v) is 2.27. The zero-order valence-electron chi connectivity index (χ0n) is 12.2. The standard InChI is InChI=1S/C15H24F2N2/c1-5-19(6-2)10-11(3)18-12(4)13-7-14(16)9-15(17)8-13/h7-9,11-12,18H,5-6,10H2,1-4H3. The Labute approximate surface area is 114 Å². The van der Waals surface area contributed by atoms with Crippen LogP contribution >= 0.6 is 0 Å². The van der Waals surface area contributed by atoms with Gasteiger partial charge in [0.05, 0.1) is 0 Å². The monoisotopic (exact) mass is 270 g/mol. The average molecular weight is 270 g/mol. The van der Waals surface area contributed by atoms with E-state index < -0.39 is 11.6 Å². The van der Waals surface area contributed by atoms with Crippen LogP contribution in [-0.2, 0) is 0 Å². The number of halogens is 2. The molecule has 0 saturated carbocycles. The van der Waals surface area contributed by atoms with Gasteiger partial charge in [0.25, 0.3) is 0 Å². The third kappa shape index (κ3) is 5.25. The molecule has 1 N–H and O–H groups in total. The highest BCUT2D eigenvalue weighted by Gasteiger charge is 2.13. The summed E-state index contributed by atoms with van der Waals surface area (Å²) in [5, 5.41) is 3.37. The molecule has 0 aromatic heterocycles. The van der Waals surface area contributed by atoms with Crippen LogP contribution in [0, 0.1) is 11.6 Å². The molecule has 0 amide bonds. The van der Waals surface area contributed by atoms with Gasteiger partial charge in [-0.3, -0.25) is 0 Å². The molecule has 2 nitrogen and oxygen atoms in total. The van der Waals surface area contributed by atoms with Crippen LogP contribution in [0.1, 0.15) is 39.3 Å². The maximum absolute atomic E-state index is 13.2. The summed E-state index contributed by atoms with van der Waals surface area (Å²) in [6, 6.07) is 3.85. The van der Waals surface area contributed by atoms with Crippen LogP contribution in [0.25, 0.3) is 0 Å². The van der Waals surface area contributed by atoms with Gasteiger partial charge in [0, 0.05) is 24.7 Å². The lowest BCUT2D eigenvalue weighted by atomic mass is 10.1. The number of hydrogen-bond donors (Lipinski definition) is 1. The van der Waals surface area contributed by atoms with E-state index in [9.17, 15) is 8.78 Å². The Hall–Kier alpha value is -1.00. The molecule has 19 heavy (non-hydrogen) atoms. The lowest BCUT2D eigenvalue weighted by Crippen LogP contribution is -2.40. The molecule has 0 heterocycles. The quantitative estimate of drug-likeness (QED) is 0.817. The topological polar surface area (TPSA) is 15.3 Å². The van der Waals surface area contributed by atoms with Gasteiger partial charge in [-0.05, 0) is 44.6 Å². The van der Waals surface area contributed by atoms with E-state index in [1.165, 1.54) is 12.1 Å². The fourth-order valence-electron chi connectivity index (χ4n) is 2.27. The molecular weight excluding hydrogens is 246 g/mol. The number of nitrogens with zero attached hydrogens (tertiary/aromatic N) is 1. The molecule has 0 aliphatic heterocycles. The van der Waals surface area contributed by atoms with E-state index in [2.05, 4.69) is 31.0 Å². The van der Waals surface area contributed by atoms with Crippen molar-refractivity contribution in [3.05, 3.63) is 35.4 Å². The second-order valence-electron chi connectivity index (χ2n) is 4.98. The maximum atomic E-state index is 13.2. The predicted molar refractivity (Wildman–Crippen MR) is 75.2 cm³/mol. The minimum atomic E-state index is -0.528. The van der Waals surface area contributed by atoms with Gasteiger partial charge in [0.1, 0.15) is 11.6 Å². The lowest BCUT2D eigenvalue weighted by Gasteiger charge is -2.26. The number of nitrogens with one attached hydrogen (secondary N) is 1.